The van der Waals surface area contributed by atoms with Crippen molar-refractivity contribution < 1.29 is 4.74 Å². The maximum absolute atomic E-state index is 5.66. The first-order valence-electron chi connectivity index (χ1n) is 5.12. The monoisotopic (exact) mass is 209 g/mol. The van der Waals surface area contributed by atoms with Crippen molar-refractivity contribution in [3.63, 3.8) is 0 Å². The molecule has 1 aromatic rings. The lowest BCUT2D eigenvalue weighted by molar-refractivity contribution is 0.204. The van der Waals surface area contributed by atoms with Gasteiger partial charge in [0.2, 0.25) is 0 Å². The second-order valence-corrected chi connectivity index (χ2v) is 3.72. The van der Waals surface area contributed by atoms with Crippen LogP contribution in [0.5, 0.6) is 0 Å². The van der Waals surface area contributed by atoms with E-state index in [0.29, 0.717) is 18.5 Å². The van der Waals surface area contributed by atoms with Crippen molar-refractivity contribution in [2.75, 3.05) is 30.9 Å². The zero-order valence-electron chi connectivity index (χ0n) is 9.60. The molecule has 4 heteroatoms. The molecule has 0 amide bonds. The molecule has 0 aliphatic rings. The van der Waals surface area contributed by atoms with Crippen LogP contribution in [0, 0.1) is 0 Å². The molecular weight excluding hydrogens is 190 g/mol. The molecule has 1 aromatic heterocycles. The lowest BCUT2D eigenvalue weighted by Crippen LogP contribution is -2.33. The topological polar surface area (TPSA) is 51.4 Å². The van der Waals surface area contributed by atoms with Crippen molar-refractivity contribution in [2.45, 2.75) is 19.9 Å². The van der Waals surface area contributed by atoms with Gasteiger partial charge in [0.1, 0.15) is 5.82 Å². The zero-order chi connectivity index (χ0) is 11.3. The standard InChI is InChI=1S/C11H19N3O/c1-9(2)14(6-7-15-3)10-4-5-13-11(12)8-10/h4-5,8-9H,6-7H2,1-3H3,(H2,12,13). The van der Waals surface area contributed by atoms with E-state index in [2.05, 4.69) is 23.7 Å². The van der Waals surface area contributed by atoms with Crippen LogP contribution in [-0.2, 0) is 4.74 Å². The fraction of sp³-hybridized carbons (Fsp3) is 0.545. The van der Waals surface area contributed by atoms with Crippen LogP contribution in [0.3, 0.4) is 0 Å². The molecule has 84 valence electrons. The maximum atomic E-state index is 5.66. The van der Waals surface area contributed by atoms with Crippen LogP contribution >= 0.6 is 0 Å². The van der Waals surface area contributed by atoms with E-state index in [9.17, 15) is 0 Å². The molecular formula is C11H19N3O. The Kier molecular flexibility index (Phi) is 4.37. The molecule has 0 fully saturated rings. The summed E-state index contributed by atoms with van der Waals surface area (Å²) in [5.74, 6) is 0.551. The Labute approximate surface area is 91.1 Å². The Morgan fingerprint density at radius 1 is 1.53 bits per heavy atom. The molecule has 1 rings (SSSR count). The maximum Gasteiger partial charge on any atom is 0.125 e. The van der Waals surface area contributed by atoms with Crippen LogP contribution in [0.1, 0.15) is 13.8 Å². The van der Waals surface area contributed by atoms with Crippen molar-refractivity contribution in [2.24, 2.45) is 0 Å². The fourth-order valence-corrected chi connectivity index (χ4v) is 1.49. The van der Waals surface area contributed by atoms with E-state index in [1.165, 1.54) is 0 Å². The molecule has 0 spiro atoms. The van der Waals surface area contributed by atoms with E-state index in [4.69, 9.17) is 10.5 Å². The van der Waals surface area contributed by atoms with Crippen molar-refractivity contribution in [3.05, 3.63) is 18.3 Å². The zero-order valence-corrected chi connectivity index (χ0v) is 9.60. The number of methoxy groups -OCH3 is 1. The number of rotatable bonds is 5. The minimum Gasteiger partial charge on any atom is -0.384 e. The highest BCUT2D eigenvalue weighted by atomic mass is 16.5. The van der Waals surface area contributed by atoms with Crippen LogP contribution in [-0.4, -0.2) is 31.3 Å². The van der Waals surface area contributed by atoms with E-state index in [0.717, 1.165) is 12.2 Å². The summed E-state index contributed by atoms with van der Waals surface area (Å²) in [4.78, 5) is 6.22. The van der Waals surface area contributed by atoms with Gasteiger partial charge in [-0.05, 0) is 19.9 Å². The molecule has 0 bridgehead atoms. The Balaban J connectivity index is 2.79. The first-order valence-corrected chi connectivity index (χ1v) is 5.12. The summed E-state index contributed by atoms with van der Waals surface area (Å²) in [6.45, 7) is 5.86. The molecule has 0 aliphatic carbocycles. The lowest BCUT2D eigenvalue weighted by Gasteiger charge is -2.28. The summed E-state index contributed by atoms with van der Waals surface area (Å²) in [7, 11) is 1.71. The number of nitrogen functional groups attached to an aromatic ring is 1. The number of anilines is 2. The second kappa shape index (κ2) is 5.56. The molecule has 2 N–H and O–H groups in total. The summed E-state index contributed by atoms with van der Waals surface area (Å²) in [5, 5.41) is 0. The van der Waals surface area contributed by atoms with Gasteiger partial charge in [-0.1, -0.05) is 0 Å². The van der Waals surface area contributed by atoms with Gasteiger partial charge in [-0.25, -0.2) is 4.98 Å². The summed E-state index contributed by atoms with van der Waals surface area (Å²) < 4.78 is 5.09. The summed E-state index contributed by atoms with van der Waals surface area (Å²) >= 11 is 0. The average molecular weight is 209 g/mol. The smallest absolute Gasteiger partial charge is 0.125 e. The number of aromatic nitrogens is 1. The number of hydrogen-bond acceptors (Lipinski definition) is 4. The molecule has 0 radical (unpaired) electrons. The normalized spacial score (nSPS) is 10.7. The van der Waals surface area contributed by atoms with Crippen LogP contribution in [0.4, 0.5) is 11.5 Å². The third-order valence-electron chi connectivity index (χ3n) is 2.26. The first-order chi connectivity index (χ1) is 7.15. The van der Waals surface area contributed by atoms with Gasteiger partial charge in [0.15, 0.2) is 0 Å². The van der Waals surface area contributed by atoms with E-state index in [1.54, 1.807) is 13.3 Å². The van der Waals surface area contributed by atoms with Gasteiger partial charge in [-0.15, -0.1) is 0 Å². The quantitative estimate of drug-likeness (QED) is 0.799. The highest BCUT2D eigenvalue weighted by Gasteiger charge is 2.10. The number of pyridine rings is 1. The largest absolute Gasteiger partial charge is 0.384 e. The highest BCUT2D eigenvalue weighted by molar-refractivity contribution is 5.52. The Morgan fingerprint density at radius 3 is 2.80 bits per heavy atom. The van der Waals surface area contributed by atoms with Gasteiger partial charge in [0.05, 0.1) is 6.61 Å². The Morgan fingerprint density at radius 2 is 2.27 bits per heavy atom. The van der Waals surface area contributed by atoms with Gasteiger partial charge >= 0.3 is 0 Å². The van der Waals surface area contributed by atoms with Crippen LogP contribution in [0.25, 0.3) is 0 Å². The molecule has 4 nitrogen and oxygen atoms in total. The van der Waals surface area contributed by atoms with E-state index < -0.39 is 0 Å². The van der Waals surface area contributed by atoms with Crippen LogP contribution in [0.2, 0.25) is 0 Å². The van der Waals surface area contributed by atoms with Crippen LogP contribution < -0.4 is 10.6 Å². The third-order valence-corrected chi connectivity index (χ3v) is 2.26. The van der Waals surface area contributed by atoms with Crippen molar-refractivity contribution in [1.82, 2.24) is 4.98 Å². The number of nitrogens with zero attached hydrogens (tertiary/aromatic N) is 2. The second-order valence-electron chi connectivity index (χ2n) is 3.72. The van der Waals surface area contributed by atoms with Gasteiger partial charge in [0.25, 0.3) is 0 Å². The van der Waals surface area contributed by atoms with Gasteiger partial charge < -0.3 is 15.4 Å². The van der Waals surface area contributed by atoms with E-state index in [-0.39, 0.29) is 0 Å². The minimum atomic E-state index is 0.418. The average Bonchev–Trinajstić information content (AvgIpc) is 2.18. The van der Waals surface area contributed by atoms with E-state index in [1.807, 2.05) is 12.1 Å². The van der Waals surface area contributed by atoms with Gasteiger partial charge in [-0.2, -0.15) is 0 Å². The molecule has 0 aliphatic heterocycles. The summed E-state index contributed by atoms with van der Waals surface area (Å²) in [6, 6.07) is 4.27. The SMILES string of the molecule is COCCN(c1ccnc(N)c1)C(C)C. The molecule has 15 heavy (non-hydrogen) atoms. The lowest BCUT2D eigenvalue weighted by atomic mass is 10.2. The number of hydrogen-bond donors (Lipinski definition) is 1. The van der Waals surface area contributed by atoms with Crippen molar-refractivity contribution in [3.8, 4) is 0 Å². The number of ether oxygens (including phenoxy) is 1. The summed E-state index contributed by atoms with van der Waals surface area (Å²) in [6.07, 6.45) is 1.73. The van der Waals surface area contributed by atoms with Crippen molar-refractivity contribution in [1.29, 1.82) is 0 Å². The molecule has 0 saturated carbocycles. The highest BCUT2D eigenvalue weighted by Crippen LogP contribution is 2.17. The predicted octanol–water partition coefficient (Wildman–Crippen LogP) is 1.52. The summed E-state index contributed by atoms with van der Waals surface area (Å²) in [5.41, 5.74) is 6.75. The molecule has 1 heterocycles. The molecule has 0 atom stereocenters. The molecule has 0 aromatic carbocycles. The number of nitrogens with two attached hydrogens (primary N) is 1. The van der Waals surface area contributed by atoms with Gasteiger partial charge in [0, 0.05) is 37.6 Å². The first kappa shape index (κ1) is 11.8. The predicted molar refractivity (Wildman–Crippen MR) is 63.0 cm³/mol. The molecule has 0 unspecified atom stereocenters. The van der Waals surface area contributed by atoms with Crippen molar-refractivity contribution >= 4 is 11.5 Å². The van der Waals surface area contributed by atoms with E-state index >= 15 is 0 Å². The third kappa shape index (κ3) is 3.40. The Hall–Kier alpha value is -1.29. The molecule has 0 saturated heterocycles. The minimum absolute atomic E-state index is 0.418. The van der Waals surface area contributed by atoms with Crippen LogP contribution in [0.15, 0.2) is 18.3 Å². The Bertz CT molecular complexity index is 302. The fourth-order valence-electron chi connectivity index (χ4n) is 1.49. The van der Waals surface area contributed by atoms with Gasteiger partial charge in [-0.3, -0.25) is 0 Å².